The lowest BCUT2D eigenvalue weighted by Crippen LogP contribution is -2.24. The van der Waals surface area contributed by atoms with Crippen molar-refractivity contribution in [3.8, 4) is 0 Å². The van der Waals surface area contributed by atoms with Gasteiger partial charge in [-0.2, -0.15) is 0 Å². The van der Waals surface area contributed by atoms with E-state index in [0.717, 1.165) is 24.2 Å². The Hall–Kier alpha value is -1.26. The number of benzene rings is 1. The molecule has 20 heavy (non-hydrogen) atoms. The summed E-state index contributed by atoms with van der Waals surface area (Å²) in [6, 6.07) is 9.14. The number of pyridine rings is 1. The zero-order chi connectivity index (χ0) is 14.5. The van der Waals surface area contributed by atoms with E-state index in [1.807, 2.05) is 37.4 Å². The largest absolute Gasteiger partial charge is 0.306 e. The van der Waals surface area contributed by atoms with Crippen LogP contribution in [-0.2, 0) is 0 Å². The molecule has 0 aliphatic rings. The minimum atomic E-state index is -0.221. The molecular weight excluding hydrogens is 319 g/mol. The molecule has 2 rings (SSSR count). The van der Waals surface area contributed by atoms with Gasteiger partial charge >= 0.3 is 0 Å². The maximum atomic E-state index is 14.3. The SMILES string of the molecule is CCCNC(c1ccc(C)nc1)c1cccc(Br)c1F. The van der Waals surface area contributed by atoms with E-state index in [1.54, 1.807) is 6.07 Å². The smallest absolute Gasteiger partial charge is 0.142 e. The van der Waals surface area contributed by atoms with Crippen LogP contribution in [0, 0.1) is 12.7 Å². The van der Waals surface area contributed by atoms with Crippen LogP contribution >= 0.6 is 15.9 Å². The Kier molecular flexibility index (Phi) is 5.26. The molecule has 0 saturated carbocycles. The molecule has 1 aromatic carbocycles. The fraction of sp³-hybridized carbons (Fsp3) is 0.312. The van der Waals surface area contributed by atoms with Crippen LogP contribution in [0.2, 0.25) is 0 Å². The molecule has 1 atom stereocenters. The van der Waals surface area contributed by atoms with Gasteiger partial charge in [-0.15, -0.1) is 0 Å². The molecule has 4 heteroatoms. The van der Waals surface area contributed by atoms with Crippen molar-refractivity contribution in [3.05, 3.63) is 63.6 Å². The monoisotopic (exact) mass is 336 g/mol. The Morgan fingerprint density at radius 2 is 2.10 bits per heavy atom. The third-order valence-electron chi connectivity index (χ3n) is 3.16. The summed E-state index contributed by atoms with van der Waals surface area (Å²) in [5, 5.41) is 3.39. The molecule has 0 amide bonds. The molecule has 0 radical (unpaired) electrons. The van der Waals surface area contributed by atoms with Gasteiger partial charge in [0.1, 0.15) is 5.82 Å². The lowest BCUT2D eigenvalue weighted by Gasteiger charge is -2.20. The van der Waals surface area contributed by atoms with Crippen LogP contribution in [-0.4, -0.2) is 11.5 Å². The van der Waals surface area contributed by atoms with Gasteiger partial charge in [0.15, 0.2) is 0 Å². The van der Waals surface area contributed by atoms with E-state index < -0.39 is 0 Å². The minimum absolute atomic E-state index is 0.180. The van der Waals surface area contributed by atoms with Crippen LogP contribution in [0.5, 0.6) is 0 Å². The molecule has 106 valence electrons. The Bertz CT molecular complexity index is 569. The first-order valence-electron chi connectivity index (χ1n) is 6.73. The number of hydrogen-bond donors (Lipinski definition) is 1. The van der Waals surface area contributed by atoms with Crippen molar-refractivity contribution in [2.24, 2.45) is 0 Å². The van der Waals surface area contributed by atoms with Gasteiger partial charge in [-0.3, -0.25) is 4.98 Å². The molecule has 2 aromatic rings. The highest BCUT2D eigenvalue weighted by atomic mass is 79.9. The normalized spacial score (nSPS) is 12.4. The van der Waals surface area contributed by atoms with Gasteiger partial charge in [-0.1, -0.05) is 25.1 Å². The van der Waals surface area contributed by atoms with Crippen LogP contribution in [0.1, 0.15) is 36.2 Å². The van der Waals surface area contributed by atoms with Gasteiger partial charge in [0, 0.05) is 17.5 Å². The summed E-state index contributed by atoms with van der Waals surface area (Å²) in [7, 11) is 0. The van der Waals surface area contributed by atoms with E-state index in [1.165, 1.54) is 0 Å². The summed E-state index contributed by atoms with van der Waals surface area (Å²) in [4.78, 5) is 4.31. The van der Waals surface area contributed by atoms with Crippen molar-refractivity contribution in [2.75, 3.05) is 6.54 Å². The second kappa shape index (κ2) is 6.95. The molecule has 1 unspecified atom stereocenters. The fourth-order valence-corrected chi connectivity index (χ4v) is 2.47. The van der Waals surface area contributed by atoms with E-state index in [9.17, 15) is 4.39 Å². The molecule has 0 saturated heterocycles. The topological polar surface area (TPSA) is 24.9 Å². The number of nitrogens with zero attached hydrogens (tertiary/aromatic N) is 1. The van der Waals surface area contributed by atoms with E-state index in [-0.39, 0.29) is 11.9 Å². The quantitative estimate of drug-likeness (QED) is 0.876. The summed E-state index contributed by atoms with van der Waals surface area (Å²) in [5.41, 5.74) is 2.57. The molecule has 0 spiro atoms. The van der Waals surface area contributed by atoms with Crippen molar-refractivity contribution < 1.29 is 4.39 Å². The van der Waals surface area contributed by atoms with E-state index in [0.29, 0.717) is 10.0 Å². The predicted molar refractivity (Wildman–Crippen MR) is 83.2 cm³/mol. The molecule has 0 bridgehead atoms. The molecule has 2 nitrogen and oxygen atoms in total. The maximum absolute atomic E-state index is 14.3. The van der Waals surface area contributed by atoms with Crippen molar-refractivity contribution in [1.82, 2.24) is 10.3 Å². The zero-order valence-electron chi connectivity index (χ0n) is 11.7. The number of rotatable bonds is 5. The number of hydrogen-bond acceptors (Lipinski definition) is 2. The van der Waals surface area contributed by atoms with Crippen LogP contribution < -0.4 is 5.32 Å². The lowest BCUT2D eigenvalue weighted by atomic mass is 9.99. The Morgan fingerprint density at radius 3 is 2.75 bits per heavy atom. The molecule has 0 aliphatic carbocycles. The molecule has 1 aromatic heterocycles. The number of halogens is 2. The molecule has 0 aliphatic heterocycles. The molecular formula is C16H18BrFN2. The highest BCUT2D eigenvalue weighted by molar-refractivity contribution is 9.10. The zero-order valence-corrected chi connectivity index (χ0v) is 13.2. The van der Waals surface area contributed by atoms with Gasteiger partial charge < -0.3 is 5.32 Å². The van der Waals surface area contributed by atoms with Crippen molar-refractivity contribution in [3.63, 3.8) is 0 Å². The molecule has 1 N–H and O–H groups in total. The van der Waals surface area contributed by atoms with Crippen LogP contribution in [0.15, 0.2) is 41.0 Å². The Balaban J connectivity index is 2.41. The molecule has 0 fully saturated rings. The van der Waals surface area contributed by atoms with Crippen LogP contribution in [0.3, 0.4) is 0 Å². The highest BCUT2D eigenvalue weighted by Crippen LogP contribution is 2.28. The van der Waals surface area contributed by atoms with Gasteiger partial charge in [0.05, 0.1) is 10.5 Å². The van der Waals surface area contributed by atoms with E-state index in [2.05, 4.69) is 33.2 Å². The second-order valence-corrected chi connectivity index (χ2v) is 5.62. The number of aromatic nitrogens is 1. The first-order valence-corrected chi connectivity index (χ1v) is 7.52. The molecule has 1 heterocycles. The summed E-state index contributed by atoms with van der Waals surface area (Å²) in [6.07, 6.45) is 2.80. The Labute approximate surface area is 127 Å². The summed E-state index contributed by atoms with van der Waals surface area (Å²) in [6.45, 7) is 4.86. The van der Waals surface area contributed by atoms with Crippen LogP contribution in [0.25, 0.3) is 0 Å². The van der Waals surface area contributed by atoms with Gasteiger partial charge in [-0.05, 0) is 53.5 Å². The van der Waals surface area contributed by atoms with Gasteiger partial charge in [0.25, 0.3) is 0 Å². The highest BCUT2D eigenvalue weighted by Gasteiger charge is 2.18. The summed E-state index contributed by atoms with van der Waals surface area (Å²) >= 11 is 3.25. The average molecular weight is 337 g/mol. The number of aryl methyl sites for hydroxylation is 1. The van der Waals surface area contributed by atoms with Gasteiger partial charge in [0.2, 0.25) is 0 Å². The second-order valence-electron chi connectivity index (χ2n) is 4.76. The average Bonchev–Trinajstić information content (AvgIpc) is 2.45. The van der Waals surface area contributed by atoms with E-state index >= 15 is 0 Å². The van der Waals surface area contributed by atoms with Crippen molar-refractivity contribution in [2.45, 2.75) is 26.3 Å². The third-order valence-corrected chi connectivity index (χ3v) is 3.77. The fourth-order valence-electron chi connectivity index (χ4n) is 2.09. The third kappa shape index (κ3) is 3.44. The maximum Gasteiger partial charge on any atom is 0.142 e. The van der Waals surface area contributed by atoms with Crippen molar-refractivity contribution in [1.29, 1.82) is 0 Å². The summed E-state index contributed by atoms with van der Waals surface area (Å²) in [5.74, 6) is -0.221. The summed E-state index contributed by atoms with van der Waals surface area (Å²) < 4.78 is 14.8. The van der Waals surface area contributed by atoms with E-state index in [4.69, 9.17) is 0 Å². The minimum Gasteiger partial charge on any atom is -0.306 e. The Morgan fingerprint density at radius 1 is 1.30 bits per heavy atom. The lowest BCUT2D eigenvalue weighted by molar-refractivity contribution is 0.542. The van der Waals surface area contributed by atoms with Gasteiger partial charge in [-0.25, -0.2) is 4.39 Å². The predicted octanol–water partition coefficient (Wildman–Crippen LogP) is 4.38. The first-order chi connectivity index (χ1) is 9.63. The van der Waals surface area contributed by atoms with Crippen molar-refractivity contribution >= 4 is 15.9 Å². The standard InChI is InChI=1S/C16H18BrFN2/c1-3-9-19-16(12-8-7-11(2)20-10-12)13-5-4-6-14(17)15(13)18/h4-8,10,16,19H,3,9H2,1-2H3. The number of nitrogens with one attached hydrogen (secondary N) is 1. The van der Waals surface area contributed by atoms with Crippen LogP contribution in [0.4, 0.5) is 4.39 Å². The first kappa shape index (κ1) is 15.1.